The van der Waals surface area contributed by atoms with Crippen LogP contribution in [0.2, 0.25) is 0 Å². The fraction of sp³-hybridized carbons (Fsp3) is 0.417. The number of halogens is 2. The number of rotatable bonds is 5. The lowest BCUT2D eigenvalue weighted by Gasteiger charge is -2.18. The predicted octanol–water partition coefficient (Wildman–Crippen LogP) is 2.63. The van der Waals surface area contributed by atoms with E-state index >= 15 is 0 Å². The lowest BCUT2D eigenvalue weighted by Crippen LogP contribution is -2.24. The van der Waals surface area contributed by atoms with Crippen molar-refractivity contribution in [3.63, 3.8) is 0 Å². The summed E-state index contributed by atoms with van der Waals surface area (Å²) in [5, 5.41) is 15.6. The Hall–Kier alpha value is -0.790. The van der Waals surface area contributed by atoms with Crippen LogP contribution in [-0.2, 0) is 13.5 Å². The fourth-order valence-electron chi connectivity index (χ4n) is 1.91. The van der Waals surface area contributed by atoms with Gasteiger partial charge in [0.2, 0.25) is 0 Å². The van der Waals surface area contributed by atoms with Gasteiger partial charge in [-0.15, -0.1) is 10.2 Å². The number of nitrogens with one attached hydrogen (secondary N) is 1. The summed E-state index contributed by atoms with van der Waals surface area (Å²) >= 11 is 7.07. The molecule has 1 aromatic heterocycles. The van der Waals surface area contributed by atoms with E-state index in [2.05, 4.69) is 65.6 Å². The maximum atomic E-state index is 4.24. The number of aryl methyl sites for hydroxylation is 1. The molecule has 0 aliphatic heterocycles. The molecule has 0 fully saturated rings. The van der Waals surface area contributed by atoms with Gasteiger partial charge in [0, 0.05) is 21.4 Å². The van der Waals surface area contributed by atoms with Crippen LogP contribution in [0.3, 0.4) is 0 Å². The Morgan fingerprint density at radius 3 is 2.74 bits per heavy atom. The first-order chi connectivity index (χ1) is 9.10. The molecule has 2 rings (SSSR count). The van der Waals surface area contributed by atoms with E-state index in [0.717, 1.165) is 21.3 Å². The minimum atomic E-state index is 0.164. The standard InChI is InChI=1S/C12H15Br2N5/c1-3-15-11(7-12-16-18-19(2)17-12)9-5-4-8(13)6-10(9)14/h4-6,11,15H,3,7H2,1-2H3. The Balaban J connectivity index is 2.23. The Labute approximate surface area is 129 Å². The number of tetrazole rings is 1. The summed E-state index contributed by atoms with van der Waals surface area (Å²) in [7, 11) is 1.77. The Morgan fingerprint density at radius 1 is 1.37 bits per heavy atom. The molecule has 0 radical (unpaired) electrons. The van der Waals surface area contributed by atoms with Gasteiger partial charge in [0.1, 0.15) is 0 Å². The molecule has 0 saturated heterocycles. The van der Waals surface area contributed by atoms with E-state index < -0.39 is 0 Å². The van der Waals surface area contributed by atoms with Crippen LogP contribution >= 0.6 is 31.9 Å². The van der Waals surface area contributed by atoms with E-state index in [4.69, 9.17) is 0 Å². The van der Waals surface area contributed by atoms with Gasteiger partial charge in [-0.25, -0.2) is 0 Å². The highest BCUT2D eigenvalue weighted by Gasteiger charge is 2.17. The molecule has 0 aliphatic carbocycles. The Kier molecular flexibility index (Phi) is 5.06. The third kappa shape index (κ3) is 3.84. The van der Waals surface area contributed by atoms with Crippen LogP contribution in [0.5, 0.6) is 0 Å². The number of hydrogen-bond acceptors (Lipinski definition) is 4. The van der Waals surface area contributed by atoms with Crippen LogP contribution in [0.25, 0.3) is 0 Å². The van der Waals surface area contributed by atoms with Crippen molar-refractivity contribution in [1.82, 2.24) is 25.5 Å². The van der Waals surface area contributed by atoms with Crippen molar-refractivity contribution in [2.45, 2.75) is 19.4 Å². The van der Waals surface area contributed by atoms with E-state index in [-0.39, 0.29) is 6.04 Å². The van der Waals surface area contributed by atoms with Gasteiger partial charge in [-0.2, -0.15) is 4.80 Å². The highest BCUT2D eigenvalue weighted by molar-refractivity contribution is 9.11. The quantitative estimate of drug-likeness (QED) is 0.855. The highest BCUT2D eigenvalue weighted by atomic mass is 79.9. The van der Waals surface area contributed by atoms with Crippen molar-refractivity contribution in [2.75, 3.05) is 6.54 Å². The summed E-state index contributed by atoms with van der Waals surface area (Å²) in [5.74, 6) is 0.739. The van der Waals surface area contributed by atoms with Gasteiger partial charge in [-0.3, -0.25) is 0 Å². The van der Waals surface area contributed by atoms with Crippen molar-refractivity contribution in [3.8, 4) is 0 Å². The molecule has 0 amide bonds. The van der Waals surface area contributed by atoms with Crippen molar-refractivity contribution < 1.29 is 0 Å². The number of benzene rings is 1. The van der Waals surface area contributed by atoms with Gasteiger partial charge >= 0.3 is 0 Å². The maximum Gasteiger partial charge on any atom is 0.176 e. The van der Waals surface area contributed by atoms with Crippen LogP contribution in [0, 0.1) is 0 Å². The Bertz CT molecular complexity index is 555. The fourth-order valence-corrected chi connectivity index (χ4v) is 3.23. The molecule has 0 saturated carbocycles. The molecule has 1 unspecified atom stereocenters. The zero-order chi connectivity index (χ0) is 13.8. The van der Waals surface area contributed by atoms with Gasteiger partial charge in [-0.05, 0) is 29.5 Å². The van der Waals surface area contributed by atoms with Crippen molar-refractivity contribution >= 4 is 31.9 Å². The second kappa shape index (κ2) is 6.58. The summed E-state index contributed by atoms with van der Waals surface area (Å²) in [5.41, 5.74) is 1.19. The zero-order valence-electron chi connectivity index (χ0n) is 10.8. The van der Waals surface area contributed by atoms with Crippen molar-refractivity contribution in [3.05, 3.63) is 38.5 Å². The van der Waals surface area contributed by atoms with Crippen LogP contribution in [0.15, 0.2) is 27.1 Å². The lowest BCUT2D eigenvalue weighted by molar-refractivity contribution is 0.533. The summed E-state index contributed by atoms with van der Waals surface area (Å²) in [4.78, 5) is 1.48. The number of nitrogens with zero attached hydrogens (tertiary/aromatic N) is 4. The largest absolute Gasteiger partial charge is 0.310 e. The molecule has 1 aromatic carbocycles. The molecule has 102 valence electrons. The molecule has 0 spiro atoms. The van der Waals surface area contributed by atoms with E-state index in [9.17, 15) is 0 Å². The third-order valence-corrected chi connectivity index (χ3v) is 3.90. The average molecular weight is 389 g/mol. The number of aromatic nitrogens is 4. The van der Waals surface area contributed by atoms with Crippen LogP contribution in [0.1, 0.15) is 24.4 Å². The summed E-state index contributed by atoms with van der Waals surface area (Å²) < 4.78 is 2.12. The monoisotopic (exact) mass is 387 g/mol. The SMILES string of the molecule is CCNC(Cc1nnn(C)n1)c1ccc(Br)cc1Br. The van der Waals surface area contributed by atoms with E-state index in [1.54, 1.807) is 7.05 Å². The van der Waals surface area contributed by atoms with Gasteiger partial charge < -0.3 is 5.32 Å². The molecular formula is C12H15Br2N5. The van der Waals surface area contributed by atoms with E-state index in [0.29, 0.717) is 6.42 Å². The molecule has 0 aliphatic rings. The Morgan fingerprint density at radius 2 is 2.16 bits per heavy atom. The summed E-state index contributed by atoms with van der Waals surface area (Å²) in [6, 6.07) is 6.34. The molecule has 2 aromatic rings. The van der Waals surface area contributed by atoms with Crippen molar-refractivity contribution in [1.29, 1.82) is 0 Å². The zero-order valence-corrected chi connectivity index (χ0v) is 13.9. The minimum Gasteiger partial charge on any atom is -0.310 e. The normalized spacial score (nSPS) is 12.6. The lowest BCUT2D eigenvalue weighted by atomic mass is 10.0. The van der Waals surface area contributed by atoms with Gasteiger partial charge in [0.15, 0.2) is 5.82 Å². The summed E-state index contributed by atoms with van der Waals surface area (Å²) in [6.45, 7) is 2.97. The second-order valence-electron chi connectivity index (χ2n) is 4.18. The molecule has 1 heterocycles. The molecule has 19 heavy (non-hydrogen) atoms. The highest BCUT2D eigenvalue weighted by Crippen LogP contribution is 2.28. The van der Waals surface area contributed by atoms with Crippen LogP contribution in [-0.4, -0.2) is 26.8 Å². The number of hydrogen-bond donors (Lipinski definition) is 1. The van der Waals surface area contributed by atoms with E-state index in [1.165, 1.54) is 10.4 Å². The summed E-state index contributed by atoms with van der Waals surface area (Å²) in [6.07, 6.45) is 0.710. The van der Waals surface area contributed by atoms with E-state index in [1.807, 2.05) is 12.1 Å². The number of likely N-dealkylation sites (N-methyl/N-ethyl adjacent to an activating group) is 1. The molecule has 5 nitrogen and oxygen atoms in total. The third-order valence-electron chi connectivity index (χ3n) is 2.72. The topological polar surface area (TPSA) is 55.6 Å². The van der Waals surface area contributed by atoms with Gasteiger partial charge in [0.25, 0.3) is 0 Å². The molecular weight excluding hydrogens is 374 g/mol. The average Bonchev–Trinajstić information content (AvgIpc) is 2.74. The molecule has 1 atom stereocenters. The van der Waals surface area contributed by atoms with Crippen LogP contribution in [0.4, 0.5) is 0 Å². The molecule has 0 bridgehead atoms. The smallest absolute Gasteiger partial charge is 0.176 e. The molecule has 7 heteroatoms. The van der Waals surface area contributed by atoms with Gasteiger partial charge in [0.05, 0.1) is 7.05 Å². The first-order valence-corrected chi connectivity index (χ1v) is 7.60. The second-order valence-corrected chi connectivity index (χ2v) is 5.95. The first-order valence-electron chi connectivity index (χ1n) is 6.01. The first kappa shape index (κ1) is 14.6. The minimum absolute atomic E-state index is 0.164. The maximum absolute atomic E-state index is 4.24. The van der Waals surface area contributed by atoms with Crippen LogP contribution < -0.4 is 5.32 Å². The molecule has 1 N–H and O–H groups in total. The van der Waals surface area contributed by atoms with Crippen molar-refractivity contribution in [2.24, 2.45) is 7.05 Å². The van der Waals surface area contributed by atoms with Gasteiger partial charge in [-0.1, -0.05) is 44.8 Å². The predicted molar refractivity (Wildman–Crippen MR) is 80.8 cm³/mol.